The topological polar surface area (TPSA) is 121 Å². The van der Waals surface area contributed by atoms with Crippen LogP contribution >= 0.6 is 35.3 Å². The van der Waals surface area contributed by atoms with E-state index in [9.17, 15) is 30.6 Å². The normalized spacial score (nSPS) is 11.3. The summed E-state index contributed by atoms with van der Waals surface area (Å²) in [5, 5.41) is 65.6. The zero-order chi connectivity index (χ0) is 48.8. The van der Waals surface area contributed by atoms with Gasteiger partial charge in [0, 0.05) is 0 Å². The highest BCUT2D eigenvalue weighted by Crippen LogP contribution is 2.47. The number of phenols is 6. The zero-order valence-electron chi connectivity index (χ0n) is 40.0. The highest BCUT2D eigenvalue weighted by atomic mass is 32.2. The van der Waals surface area contributed by atoms with Gasteiger partial charge < -0.3 is 30.6 Å². The molecule has 8 aromatic carbocycles. The molecule has 0 aromatic heterocycles. The van der Waals surface area contributed by atoms with Gasteiger partial charge in [-0.05, 0) is 155 Å². The Morgan fingerprint density at radius 3 is 1.13 bits per heavy atom. The highest BCUT2D eigenvalue weighted by Gasteiger charge is 2.23. The maximum absolute atomic E-state index is 10.3. The third-order valence-electron chi connectivity index (χ3n) is 12.4. The molecule has 0 spiro atoms. The number of fused-ring (bicyclic) bond motifs is 2. The molecular weight excluding hydrogens is 901 g/mol. The van der Waals surface area contributed by atoms with Gasteiger partial charge in [0.05, 0.1) is 29.4 Å². The van der Waals surface area contributed by atoms with Crippen molar-refractivity contribution in [2.45, 2.75) is 130 Å². The summed E-state index contributed by atoms with van der Waals surface area (Å²) < 4.78 is 0. The second kappa shape index (κ2) is 22.5. The molecule has 6 nitrogen and oxygen atoms in total. The van der Waals surface area contributed by atoms with E-state index in [0.717, 1.165) is 86.0 Å². The van der Waals surface area contributed by atoms with Gasteiger partial charge in [0.2, 0.25) is 0 Å². The van der Waals surface area contributed by atoms with Crippen LogP contribution in [0.1, 0.15) is 95.2 Å². The second-order valence-corrected chi connectivity index (χ2v) is 21.5. The number of phenolic OH excluding ortho intramolecular Hbond substituents is 6. The van der Waals surface area contributed by atoms with E-state index >= 15 is 0 Å². The van der Waals surface area contributed by atoms with E-state index < -0.39 is 0 Å². The van der Waals surface area contributed by atoms with Crippen LogP contribution in [0.5, 0.6) is 34.5 Å². The average molecular weight is 967 g/mol. The standard InChI is InChI=1S/C22H30O2S.C20H14O2S.C16H18O2S.CH4/c1-7-21(3,4)15-9-11-17(23)19(13-15)25-20-14-16(10-12-18(20)24)22(5,6)8-2;21-17-11-9-13-5-1-3-7-15(13)19(17)23-20-16-8-4-2-6-14(16)10-12-18(20)22;1-9-5-11(3)15(17)13(7-9)19-14-8-10(2)6-12(4)16(14)18;/h9-14,23-24H,7-8H2,1-6H3;1-12,21-22H;5-8,17-18H,1-4H3;1H4. The largest absolute Gasteiger partial charge is 0.507 e. The van der Waals surface area contributed by atoms with Crippen LogP contribution in [0.3, 0.4) is 0 Å². The summed E-state index contributed by atoms with van der Waals surface area (Å²) in [6, 6.07) is 42.4. The van der Waals surface area contributed by atoms with Crippen LogP contribution in [-0.4, -0.2) is 30.6 Å². The molecule has 0 saturated heterocycles. The molecule has 0 aliphatic heterocycles. The van der Waals surface area contributed by atoms with Crippen LogP contribution in [0, 0.1) is 27.7 Å². The minimum Gasteiger partial charge on any atom is -0.507 e. The molecule has 0 bridgehead atoms. The smallest absolute Gasteiger partial charge is 0.132 e. The molecule has 6 N–H and O–H groups in total. The van der Waals surface area contributed by atoms with E-state index in [2.05, 4.69) is 41.5 Å². The lowest BCUT2D eigenvalue weighted by atomic mass is 9.82. The maximum atomic E-state index is 10.3. The summed E-state index contributed by atoms with van der Waals surface area (Å²) in [6.07, 6.45) is 2.04. The van der Waals surface area contributed by atoms with Crippen molar-refractivity contribution in [3.8, 4) is 34.5 Å². The summed E-state index contributed by atoms with van der Waals surface area (Å²) in [5.41, 5.74) is 6.40. The van der Waals surface area contributed by atoms with Crippen molar-refractivity contribution in [1.29, 1.82) is 0 Å². The fourth-order valence-corrected chi connectivity index (χ4v) is 10.8. The molecule has 8 aromatic rings. The van der Waals surface area contributed by atoms with Crippen molar-refractivity contribution in [2.75, 3.05) is 0 Å². The Labute approximate surface area is 416 Å². The van der Waals surface area contributed by atoms with E-state index in [4.69, 9.17) is 0 Å². The van der Waals surface area contributed by atoms with Crippen molar-refractivity contribution in [3.63, 3.8) is 0 Å². The van der Waals surface area contributed by atoms with Gasteiger partial charge in [0.15, 0.2) is 0 Å². The van der Waals surface area contributed by atoms with Crippen LogP contribution in [0.2, 0.25) is 0 Å². The first-order valence-electron chi connectivity index (χ1n) is 22.4. The molecule has 0 saturated carbocycles. The quantitative estimate of drug-likeness (QED) is 0.0796. The Bertz CT molecular complexity index is 2850. The molecule has 0 amide bonds. The molecule has 0 heterocycles. The Balaban J connectivity index is 0.000000191. The van der Waals surface area contributed by atoms with Gasteiger partial charge in [0.1, 0.15) is 34.5 Å². The Kier molecular flexibility index (Phi) is 17.6. The summed E-state index contributed by atoms with van der Waals surface area (Å²) in [4.78, 5) is 4.63. The van der Waals surface area contributed by atoms with Crippen LogP contribution < -0.4 is 0 Å². The average Bonchev–Trinajstić information content (AvgIpc) is 3.30. The van der Waals surface area contributed by atoms with Gasteiger partial charge in [0.25, 0.3) is 0 Å². The number of hydrogen-bond donors (Lipinski definition) is 6. The lowest BCUT2D eigenvalue weighted by molar-refractivity contribution is 0.454. The maximum Gasteiger partial charge on any atom is 0.132 e. The molecular formula is C59H66O6S3. The molecule has 356 valence electrons. The summed E-state index contributed by atoms with van der Waals surface area (Å²) in [6.45, 7) is 20.9. The first kappa shape index (κ1) is 53.1. The molecule has 0 atom stereocenters. The third-order valence-corrected chi connectivity index (χ3v) is 15.9. The molecule has 68 heavy (non-hydrogen) atoms. The SMILES string of the molecule is C.CCC(C)(C)c1ccc(O)c(Sc2cc(C(C)(C)CC)ccc2O)c1.Cc1cc(C)c(O)c(Sc2cc(C)cc(C)c2O)c1.Oc1ccc2ccccc2c1Sc1c(O)ccc2ccccc12. The molecule has 0 unspecified atom stereocenters. The second-order valence-electron chi connectivity index (χ2n) is 18.3. The predicted molar refractivity (Wildman–Crippen MR) is 288 cm³/mol. The Morgan fingerprint density at radius 2 is 0.750 bits per heavy atom. The van der Waals surface area contributed by atoms with Crippen molar-refractivity contribution in [1.82, 2.24) is 0 Å². The van der Waals surface area contributed by atoms with Crippen molar-refractivity contribution in [2.24, 2.45) is 0 Å². The first-order chi connectivity index (χ1) is 31.7. The Morgan fingerprint density at radius 1 is 0.397 bits per heavy atom. The lowest BCUT2D eigenvalue weighted by Gasteiger charge is -2.25. The number of hydrogen-bond acceptors (Lipinski definition) is 9. The summed E-state index contributed by atoms with van der Waals surface area (Å²) in [7, 11) is 0. The van der Waals surface area contributed by atoms with Crippen molar-refractivity contribution < 1.29 is 30.6 Å². The molecule has 8 rings (SSSR count). The van der Waals surface area contributed by atoms with E-state index in [-0.39, 0.29) is 52.8 Å². The van der Waals surface area contributed by atoms with Crippen LogP contribution in [0.25, 0.3) is 21.5 Å². The lowest BCUT2D eigenvalue weighted by Crippen LogP contribution is -2.15. The zero-order valence-corrected chi connectivity index (χ0v) is 42.5. The number of benzene rings is 8. The molecule has 9 heteroatoms. The third kappa shape index (κ3) is 12.4. The van der Waals surface area contributed by atoms with Gasteiger partial charge >= 0.3 is 0 Å². The minimum absolute atomic E-state index is 0. The van der Waals surface area contributed by atoms with Crippen molar-refractivity contribution >= 4 is 56.8 Å². The molecule has 0 aliphatic carbocycles. The van der Waals surface area contributed by atoms with E-state index in [1.165, 1.54) is 46.4 Å². The Hall–Kier alpha value is -5.87. The van der Waals surface area contributed by atoms with E-state index in [1.807, 2.05) is 137 Å². The number of aromatic hydroxyl groups is 6. The predicted octanol–water partition coefficient (Wildman–Crippen LogP) is 17.3. The minimum atomic E-state index is 0. The van der Waals surface area contributed by atoms with Crippen LogP contribution in [0.4, 0.5) is 0 Å². The van der Waals surface area contributed by atoms with Crippen molar-refractivity contribution in [3.05, 3.63) is 167 Å². The van der Waals surface area contributed by atoms with Gasteiger partial charge in [-0.25, -0.2) is 0 Å². The van der Waals surface area contributed by atoms with Crippen LogP contribution in [-0.2, 0) is 10.8 Å². The molecule has 0 aliphatic rings. The van der Waals surface area contributed by atoms with Crippen LogP contribution in [0.15, 0.2) is 163 Å². The van der Waals surface area contributed by atoms with E-state index in [1.54, 1.807) is 24.3 Å². The van der Waals surface area contributed by atoms with Gasteiger partial charge in [-0.1, -0.05) is 169 Å². The first-order valence-corrected chi connectivity index (χ1v) is 24.9. The number of rotatable bonds is 10. The van der Waals surface area contributed by atoms with Gasteiger partial charge in [-0.3, -0.25) is 0 Å². The molecule has 0 radical (unpaired) electrons. The monoisotopic (exact) mass is 966 g/mol. The van der Waals surface area contributed by atoms with E-state index in [0.29, 0.717) is 0 Å². The van der Waals surface area contributed by atoms with Gasteiger partial charge in [-0.15, -0.1) is 0 Å². The fourth-order valence-electron chi connectivity index (χ4n) is 7.46. The van der Waals surface area contributed by atoms with Gasteiger partial charge in [-0.2, -0.15) is 0 Å². The molecule has 0 fully saturated rings. The highest BCUT2D eigenvalue weighted by molar-refractivity contribution is 8.00. The summed E-state index contributed by atoms with van der Waals surface area (Å²) >= 11 is 4.22. The fraction of sp³-hybridized carbons (Fsp3) is 0.254. The summed E-state index contributed by atoms with van der Waals surface area (Å²) in [5.74, 6) is 1.52. The number of aryl methyl sites for hydroxylation is 4.